The van der Waals surface area contributed by atoms with E-state index in [-0.39, 0.29) is 18.0 Å². The van der Waals surface area contributed by atoms with Gasteiger partial charge in [0.25, 0.3) is 0 Å². The molecule has 0 radical (unpaired) electrons. The monoisotopic (exact) mass is 273 g/mol. The highest BCUT2D eigenvalue weighted by molar-refractivity contribution is 5.42. The van der Waals surface area contributed by atoms with Crippen molar-refractivity contribution in [3.05, 3.63) is 65.0 Å². The van der Waals surface area contributed by atoms with Gasteiger partial charge in [0.1, 0.15) is 11.6 Å². The maximum absolute atomic E-state index is 13.4. The maximum atomic E-state index is 13.4. The molecule has 2 aromatic carbocycles. The lowest BCUT2D eigenvalue weighted by Gasteiger charge is -2.19. The first-order valence-electron chi connectivity index (χ1n) is 6.76. The quantitative estimate of drug-likeness (QED) is 0.914. The lowest BCUT2D eigenvalue weighted by atomic mass is 9.97. The topological polar surface area (TPSA) is 35.2 Å². The number of aryl methyl sites for hydroxylation is 1. The molecule has 0 heterocycles. The first-order valence-corrected chi connectivity index (χ1v) is 6.76. The zero-order valence-electron chi connectivity index (χ0n) is 12.1. The summed E-state index contributed by atoms with van der Waals surface area (Å²) >= 11 is 0. The average Bonchev–Trinajstić information content (AvgIpc) is 2.41. The Morgan fingerprint density at radius 3 is 2.45 bits per heavy atom. The molecule has 3 heteroatoms. The van der Waals surface area contributed by atoms with Gasteiger partial charge in [0.2, 0.25) is 0 Å². The van der Waals surface area contributed by atoms with Crippen molar-refractivity contribution in [2.24, 2.45) is 5.73 Å². The number of para-hydroxylation sites is 1. The summed E-state index contributed by atoms with van der Waals surface area (Å²) in [5, 5.41) is 0. The molecule has 20 heavy (non-hydrogen) atoms. The van der Waals surface area contributed by atoms with Gasteiger partial charge < -0.3 is 10.5 Å². The van der Waals surface area contributed by atoms with E-state index >= 15 is 0 Å². The van der Waals surface area contributed by atoms with Crippen LogP contribution in [0.15, 0.2) is 42.5 Å². The third-order valence-corrected chi connectivity index (χ3v) is 3.16. The molecule has 2 nitrogen and oxygen atoms in total. The van der Waals surface area contributed by atoms with Crippen molar-refractivity contribution >= 4 is 0 Å². The van der Waals surface area contributed by atoms with Crippen molar-refractivity contribution in [3.63, 3.8) is 0 Å². The smallest absolute Gasteiger partial charge is 0.126 e. The van der Waals surface area contributed by atoms with Crippen LogP contribution in [-0.4, -0.2) is 6.10 Å². The standard InChI is InChI=1S/C17H20FNO/c1-11(2)20-16-7-5-4-6-14(16)17(19)13-8-9-15(18)12(3)10-13/h4-11,17H,19H2,1-3H3. The van der Waals surface area contributed by atoms with Crippen LogP contribution in [0.3, 0.4) is 0 Å². The van der Waals surface area contributed by atoms with Crippen molar-refractivity contribution in [1.29, 1.82) is 0 Å². The third-order valence-electron chi connectivity index (χ3n) is 3.16. The molecule has 2 N–H and O–H groups in total. The molecule has 2 rings (SSSR count). The van der Waals surface area contributed by atoms with E-state index in [1.165, 1.54) is 6.07 Å². The van der Waals surface area contributed by atoms with Crippen molar-refractivity contribution in [2.45, 2.75) is 32.9 Å². The molecule has 1 atom stereocenters. The van der Waals surface area contributed by atoms with Gasteiger partial charge in [0.05, 0.1) is 12.1 Å². The zero-order chi connectivity index (χ0) is 14.7. The Balaban J connectivity index is 2.37. The minimum absolute atomic E-state index is 0.0818. The molecule has 0 aliphatic heterocycles. The van der Waals surface area contributed by atoms with Gasteiger partial charge in [0.15, 0.2) is 0 Å². The Labute approximate surface area is 119 Å². The molecule has 1 unspecified atom stereocenters. The first-order chi connectivity index (χ1) is 9.49. The Bertz CT molecular complexity index is 595. The molecule has 0 amide bonds. The fourth-order valence-corrected chi connectivity index (χ4v) is 2.14. The van der Waals surface area contributed by atoms with Crippen molar-refractivity contribution in [2.75, 3.05) is 0 Å². The van der Waals surface area contributed by atoms with Gasteiger partial charge in [-0.3, -0.25) is 0 Å². The highest BCUT2D eigenvalue weighted by Crippen LogP contribution is 2.29. The van der Waals surface area contributed by atoms with Crippen molar-refractivity contribution < 1.29 is 9.13 Å². The third kappa shape index (κ3) is 3.17. The predicted molar refractivity (Wildman–Crippen MR) is 79.4 cm³/mol. The Kier molecular flexibility index (Phi) is 4.40. The summed E-state index contributed by atoms with van der Waals surface area (Å²) in [4.78, 5) is 0. The minimum atomic E-state index is -0.329. The molecule has 2 aromatic rings. The second-order valence-electron chi connectivity index (χ2n) is 5.19. The molecular formula is C17H20FNO. The van der Waals surface area contributed by atoms with Crippen LogP contribution in [-0.2, 0) is 0 Å². The number of benzene rings is 2. The number of halogens is 1. The fraction of sp³-hybridized carbons (Fsp3) is 0.294. The van der Waals surface area contributed by atoms with Crippen LogP contribution in [0, 0.1) is 12.7 Å². The molecule has 0 aromatic heterocycles. The summed E-state index contributed by atoms with van der Waals surface area (Å²) in [7, 11) is 0. The van der Waals surface area contributed by atoms with E-state index in [1.54, 1.807) is 19.1 Å². The SMILES string of the molecule is Cc1cc(C(N)c2ccccc2OC(C)C)ccc1F. The van der Waals surface area contributed by atoms with E-state index in [4.69, 9.17) is 10.5 Å². The lowest BCUT2D eigenvalue weighted by molar-refractivity contribution is 0.239. The van der Waals surface area contributed by atoms with Crippen LogP contribution in [0.1, 0.15) is 36.6 Å². The Morgan fingerprint density at radius 2 is 1.80 bits per heavy atom. The fourth-order valence-electron chi connectivity index (χ4n) is 2.14. The summed E-state index contributed by atoms with van der Waals surface area (Å²) in [5.41, 5.74) is 8.69. The molecule has 0 saturated heterocycles. The summed E-state index contributed by atoms with van der Waals surface area (Å²) in [6.45, 7) is 5.69. The van der Waals surface area contributed by atoms with Crippen LogP contribution in [0.5, 0.6) is 5.75 Å². The number of rotatable bonds is 4. The van der Waals surface area contributed by atoms with Crippen LogP contribution in [0.2, 0.25) is 0 Å². The molecule has 0 aliphatic rings. The zero-order valence-corrected chi connectivity index (χ0v) is 12.1. The molecule has 106 valence electrons. The van der Waals surface area contributed by atoms with Gasteiger partial charge in [-0.2, -0.15) is 0 Å². The number of hydrogen-bond donors (Lipinski definition) is 1. The van der Waals surface area contributed by atoms with Gasteiger partial charge in [-0.25, -0.2) is 4.39 Å². The molecule has 0 spiro atoms. The van der Waals surface area contributed by atoms with Crippen LogP contribution in [0.25, 0.3) is 0 Å². The Morgan fingerprint density at radius 1 is 1.10 bits per heavy atom. The maximum Gasteiger partial charge on any atom is 0.126 e. The van der Waals surface area contributed by atoms with Gasteiger partial charge in [0, 0.05) is 5.56 Å². The predicted octanol–water partition coefficient (Wildman–Crippen LogP) is 3.97. The van der Waals surface area contributed by atoms with Gasteiger partial charge in [-0.15, -0.1) is 0 Å². The molecule has 0 fully saturated rings. The van der Waals surface area contributed by atoms with E-state index in [0.717, 1.165) is 16.9 Å². The van der Waals surface area contributed by atoms with E-state index < -0.39 is 0 Å². The van der Waals surface area contributed by atoms with Crippen molar-refractivity contribution in [1.82, 2.24) is 0 Å². The number of ether oxygens (including phenoxy) is 1. The van der Waals surface area contributed by atoms with E-state index in [1.807, 2.05) is 38.1 Å². The second kappa shape index (κ2) is 6.06. The summed E-state index contributed by atoms with van der Waals surface area (Å²) in [6, 6.07) is 12.3. The average molecular weight is 273 g/mol. The Hall–Kier alpha value is -1.87. The van der Waals surface area contributed by atoms with Crippen LogP contribution >= 0.6 is 0 Å². The normalized spacial score (nSPS) is 12.5. The van der Waals surface area contributed by atoms with Gasteiger partial charge in [-0.05, 0) is 44.0 Å². The molecular weight excluding hydrogens is 253 g/mol. The number of nitrogens with two attached hydrogens (primary N) is 1. The van der Waals surface area contributed by atoms with E-state index in [9.17, 15) is 4.39 Å². The largest absolute Gasteiger partial charge is 0.491 e. The van der Waals surface area contributed by atoms with Gasteiger partial charge in [-0.1, -0.05) is 30.3 Å². The van der Waals surface area contributed by atoms with Crippen LogP contribution < -0.4 is 10.5 Å². The van der Waals surface area contributed by atoms with Crippen LogP contribution in [0.4, 0.5) is 4.39 Å². The van der Waals surface area contributed by atoms with Gasteiger partial charge >= 0.3 is 0 Å². The highest BCUT2D eigenvalue weighted by Gasteiger charge is 2.15. The van der Waals surface area contributed by atoms with E-state index in [2.05, 4.69) is 0 Å². The molecule has 0 bridgehead atoms. The summed E-state index contributed by atoms with van der Waals surface area (Å²) in [6.07, 6.45) is 0.0818. The molecule has 0 saturated carbocycles. The number of hydrogen-bond acceptors (Lipinski definition) is 2. The minimum Gasteiger partial charge on any atom is -0.491 e. The highest BCUT2D eigenvalue weighted by atomic mass is 19.1. The summed E-state index contributed by atoms with van der Waals surface area (Å²) < 4.78 is 19.1. The lowest BCUT2D eigenvalue weighted by Crippen LogP contribution is -2.15. The first kappa shape index (κ1) is 14.5. The van der Waals surface area contributed by atoms with E-state index in [0.29, 0.717) is 5.56 Å². The summed E-state index contributed by atoms with van der Waals surface area (Å²) in [5.74, 6) is 0.560. The molecule has 0 aliphatic carbocycles. The van der Waals surface area contributed by atoms with Crippen molar-refractivity contribution in [3.8, 4) is 5.75 Å². The second-order valence-corrected chi connectivity index (χ2v) is 5.19.